The zero-order chi connectivity index (χ0) is 21.6. The van der Waals surface area contributed by atoms with Crippen LogP contribution in [0.15, 0.2) is 54.6 Å². The lowest BCUT2D eigenvalue weighted by Crippen LogP contribution is -2.47. The van der Waals surface area contributed by atoms with Gasteiger partial charge in [0.25, 0.3) is 0 Å². The highest BCUT2D eigenvalue weighted by Crippen LogP contribution is 2.33. The van der Waals surface area contributed by atoms with Crippen LogP contribution in [0, 0.1) is 11.8 Å². The van der Waals surface area contributed by atoms with Gasteiger partial charge in [-0.1, -0.05) is 58.0 Å². The number of hydrogen-bond donors (Lipinski definition) is 1. The van der Waals surface area contributed by atoms with Crippen molar-refractivity contribution in [2.24, 2.45) is 11.8 Å². The summed E-state index contributed by atoms with van der Waals surface area (Å²) < 4.78 is 32.0. The number of carbonyl (C=O) groups excluding carboxylic acids is 1. The van der Waals surface area contributed by atoms with Crippen LogP contribution in [-0.2, 0) is 14.8 Å². The number of rotatable bonds is 9. The normalized spacial score (nSPS) is 11.7. The number of amides is 1. The second-order valence-corrected chi connectivity index (χ2v) is 9.64. The van der Waals surface area contributed by atoms with Crippen molar-refractivity contribution in [3.05, 3.63) is 54.6 Å². The van der Waals surface area contributed by atoms with Crippen molar-refractivity contribution in [2.45, 2.75) is 33.7 Å². The summed E-state index contributed by atoms with van der Waals surface area (Å²) in [4.78, 5) is 12.7. The van der Waals surface area contributed by atoms with Crippen LogP contribution in [0.3, 0.4) is 0 Å². The van der Waals surface area contributed by atoms with E-state index in [2.05, 4.69) is 5.32 Å². The molecule has 1 amide bonds. The molecule has 6 nitrogen and oxygen atoms in total. The third kappa shape index (κ3) is 6.49. The van der Waals surface area contributed by atoms with Crippen molar-refractivity contribution in [1.82, 2.24) is 5.32 Å². The number of anilines is 1. The van der Waals surface area contributed by atoms with Gasteiger partial charge in [-0.25, -0.2) is 8.42 Å². The molecule has 0 atom stereocenters. The van der Waals surface area contributed by atoms with Gasteiger partial charge < -0.3 is 10.1 Å². The molecule has 0 spiro atoms. The van der Waals surface area contributed by atoms with Crippen molar-refractivity contribution < 1.29 is 17.9 Å². The molecular formula is C22H30N2O4S. The summed E-state index contributed by atoms with van der Waals surface area (Å²) in [6, 6.07) is 15.8. The lowest BCUT2D eigenvalue weighted by atomic mass is 9.93. The van der Waals surface area contributed by atoms with Gasteiger partial charge in [-0.3, -0.25) is 9.10 Å². The molecule has 0 radical (unpaired) electrons. The lowest BCUT2D eigenvalue weighted by Gasteiger charge is -2.29. The standard InChI is InChI=1S/C22H30N2O4S/c1-16(2)22(17(3)4)23-21(25)15-24(29(5,26)27)19-13-9-10-14-20(19)28-18-11-7-6-8-12-18/h6-14,16-17,22H,15H2,1-5H3,(H,23,25). The minimum atomic E-state index is -3.71. The molecule has 0 heterocycles. The molecule has 0 aliphatic carbocycles. The van der Waals surface area contributed by atoms with Gasteiger partial charge in [0.2, 0.25) is 15.9 Å². The zero-order valence-corrected chi connectivity index (χ0v) is 18.4. The van der Waals surface area contributed by atoms with Crippen LogP contribution in [0.2, 0.25) is 0 Å². The van der Waals surface area contributed by atoms with E-state index in [0.29, 0.717) is 17.2 Å². The second kappa shape index (κ2) is 9.78. The fourth-order valence-electron chi connectivity index (χ4n) is 3.21. The Morgan fingerprint density at radius 3 is 2.07 bits per heavy atom. The van der Waals surface area contributed by atoms with E-state index in [-0.39, 0.29) is 30.3 Å². The van der Waals surface area contributed by atoms with E-state index in [9.17, 15) is 13.2 Å². The lowest BCUT2D eigenvalue weighted by molar-refractivity contribution is -0.121. The van der Waals surface area contributed by atoms with Gasteiger partial charge in [0.05, 0.1) is 11.9 Å². The Balaban J connectivity index is 2.31. The van der Waals surface area contributed by atoms with E-state index < -0.39 is 10.0 Å². The number of benzene rings is 2. The Bertz CT molecular complexity index is 903. The summed E-state index contributed by atoms with van der Waals surface area (Å²) in [5.74, 6) is 1.06. The molecule has 158 valence electrons. The third-order valence-electron chi connectivity index (χ3n) is 4.56. The molecule has 29 heavy (non-hydrogen) atoms. The van der Waals surface area contributed by atoms with E-state index in [0.717, 1.165) is 10.6 Å². The molecule has 1 N–H and O–H groups in total. The average molecular weight is 419 g/mol. The van der Waals surface area contributed by atoms with Gasteiger partial charge in [-0.05, 0) is 36.1 Å². The number of sulfonamides is 1. The van der Waals surface area contributed by atoms with E-state index in [1.165, 1.54) is 0 Å². The topological polar surface area (TPSA) is 75.7 Å². The first-order valence-electron chi connectivity index (χ1n) is 9.68. The molecule has 0 saturated carbocycles. The Labute approximate surface area is 173 Å². The molecule has 0 fully saturated rings. The minimum Gasteiger partial charge on any atom is -0.455 e. The number of ether oxygens (including phenoxy) is 1. The van der Waals surface area contributed by atoms with E-state index >= 15 is 0 Å². The van der Waals surface area contributed by atoms with Gasteiger partial charge >= 0.3 is 0 Å². The van der Waals surface area contributed by atoms with Crippen LogP contribution < -0.4 is 14.4 Å². The van der Waals surface area contributed by atoms with Gasteiger partial charge in [-0.15, -0.1) is 0 Å². The highest BCUT2D eigenvalue weighted by atomic mass is 32.2. The summed E-state index contributed by atoms with van der Waals surface area (Å²) in [6.07, 6.45) is 1.09. The number of carbonyl (C=O) groups is 1. The molecule has 0 aliphatic rings. The van der Waals surface area contributed by atoms with E-state index in [1.807, 2.05) is 45.9 Å². The van der Waals surface area contributed by atoms with Crippen molar-refractivity contribution >= 4 is 21.6 Å². The molecule has 7 heteroatoms. The zero-order valence-electron chi connectivity index (χ0n) is 17.6. The number of nitrogens with one attached hydrogen (secondary N) is 1. The van der Waals surface area contributed by atoms with Crippen LogP contribution >= 0.6 is 0 Å². The fourth-order valence-corrected chi connectivity index (χ4v) is 4.07. The van der Waals surface area contributed by atoms with Crippen molar-refractivity contribution in [3.63, 3.8) is 0 Å². The van der Waals surface area contributed by atoms with Gasteiger partial charge in [0.15, 0.2) is 5.75 Å². The van der Waals surface area contributed by atoms with Gasteiger partial charge in [-0.2, -0.15) is 0 Å². The van der Waals surface area contributed by atoms with E-state index in [4.69, 9.17) is 4.74 Å². The third-order valence-corrected chi connectivity index (χ3v) is 5.68. The molecule has 2 aromatic carbocycles. The Morgan fingerprint density at radius 1 is 0.966 bits per heavy atom. The molecule has 0 aliphatic heterocycles. The van der Waals surface area contributed by atoms with Gasteiger partial charge in [0.1, 0.15) is 12.3 Å². The minimum absolute atomic E-state index is 0.0419. The van der Waals surface area contributed by atoms with Crippen LogP contribution in [-0.4, -0.2) is 33.2 Å². The van der Waals surface area contributed by atoms with Gasteiger partial charge in [0, 0.05) is 6.04 Å². The first-order chi connectivity index (χ1) is 13.6. The maximum Gasteiger partial charge on any atom is 0.241 e. The first kappa shape index (κ1) is 22.7. The second-order valence-electron chi connectivity index (χ2n) is 7.73. The summed E-state index contributed by atoms with van der Waals surface area (Å²) in [7, 11) is -3.71. The molecule has 0 saturated heterocycles. The molecule has 2 rings (SSSR count). The Morgan fingerprint density at radius 2 is 1.52 bits per heavy atom. The quantitative estimate of drug-likeness (QED) is 0.667. The van der Waals surface area contributed by atoms with Crippen molar-refractivity contribution in [1.29, 1.82) is 0 Å². The van der Waals surface area contributed by atoms with Crippen molar-refractivity contribution in [2.75, 3.05) is 17.1 Å². The van der Waals surface area contributed by atoms with E-state index in [1.54, 1.807) is 36.4 Å². The number of nitrogens with zero attached hydrogens (tertiary/aromatic N) is 1. The molecule has 2 aromatic rings. The molecule has 0 unspecified atom stereocenters. The summed E-state index contributed by atoms with van der Waals surface area (Å²) in [5, 5.41) is 2.97. The van der Waals surface area contributed by atoms with Crippen LogP contribution in [0.5, 0.6) is 11.5 Å². The smallest absolute Gasteiger partial charge is 0.241 e. The van der Waals surface area contributed by atoms with Crippen molar-refractivity contribution in [3.8, 4) is 11.5 Å². The maximum absolute atomic E-state index is 12.7. The average Bonchev–Trinajstić information content (AvgIpc) is 2.64. The Hall–Kier alpha value is -2.54. The highest BCUT2D eigenvalue weighted by Gasteiger charge is 2.26. The molecule has 0 aromatic heterocycles. The maximum atomic E-state index is 12.7. The summed E-state index contributed by atoms with van der Waals surface area (Å²) >= 11 is 0. The first-order valence-corrected chi connectivity index (χ1v) is 11.5. The largest absolute Gasteiger partial charge is 0.455 e. The summed E-state index contributed by atoms with van der Waals surface area (Å²) in [6.45, 7) is 7.80. The van der Waals surface area contributed by atoms with Crippen LogP contribution in [0.25, 0.3) is 0 Å². The number of para-hydroxylation sites is 3. The fraction of sp³-hybridized carbons (Fsp3) is 0.409. The summed E-state index contributed by atoms with van der Waals surface area (Å²) in [5.41, 5.74) is 0.319. The number of hydrogen-bond acceptors (Lipinski definition) is 4. The SMILES string of the molecule is CC(C)C(NC(=O)CN(c1ccccc1Oc1ccccc1)S(C)(=O)=O)C(C)C. The monoisotopic (exact) mass is 418 g/mol. The predicted octanol–water partition coefficient (Wildman–Crippen LogP) is 4.04. The predicted molar refractivity (Wildman–Crippen MR) is 117 cm³/mol. The van der Waals surface area contributed by atoms with Crippen LogP contribution in [0.4, 0.5) is 5.69 Å². The van der Waals surface area contributed by atoms with Crippen LogP contribution in [0.1, 0.15) is 27.7 Å². The Kier molecular flexibility index (Phi) is 7.67. The molecular weight excluding hydrogens is 388 g/mol. The highest BCUT2D eigenvalue weighted by molar-refractivity contribution is 7.92. The molecule has 0 bridgehead atoms.